The molecule has 4 rings (SSSR count). The number of halogens is 3. The average molecular weight is 464 g/mol. The first-order valence-electron chi connectivity index (χ1n) is 8.86. The van der Waals surface area contributed by atoms with E-state index in [-0.39, 0.29) is 5.69 Å². The Labute approximate surface area is 179 Å². The molecule has 0 saturated carbocycles. The van der Waals surface area contributed by atoms with Crippen molar-refractivity contribution in [3.63, 3.8) is 0 Å². The molecule has 0 saturated heterocycles. The second-order valence-corrected chi connectivity index (χ2v) is 8.94. The minimum atomic E-state index is -4.51. The van der Waals surface area contributed by atoms with E-state index < -0.39 is 32.7 Å². The van der Waals surface area contributed by atoms with Crippen LogP contribution in [0.1, 0.15) is 17.6 Å². The van der Waals surface area contributed by atoms with Crippen LogP contribution < -0.4 is 5.14 Å². The number of nitrogens with zero attached hydrogens (tertiary/aromatic N) is 3. The fourth-order valence-electron chi connectivity index (χ4n) is 3.34. The standard InChI is InChI=1S/C20H15F3N4O2S2/c1-11-8-12(2-3-13(11)14-9-30-10-25-14)15-6-7-26-27(15)16-4-5-17(31(24,28)29)19(21)18(16)20(22)23/h2-10,20H,1H3,(H2,24,28,29). The van der Waals surface area contributed by atoms with Gasteiger partial charge in [0, 0.05) is 16.5 Å². The lowest BCUT2D eigenvalue weighted by molar-refractivity contribution is 0.145. The number of alkyl halides is 2. The Hall–Kier alpha value is -3.02. The summed E-state index contributed by atoms with van der Waals surface area (Å²) < 4.78 is 66.4. The Balaban J connectivity index is 1.86. The van der Waals surface area contributed by atoms with Crippen LogP contribution in [0.5, 0.6) is 0 Å². The zero-order chi connectivity index (χ0) is 22.3. The largest absolute Gasteiger partial charge is 0.268 e. The summed E-state index contributed by atoms with van der Waals surface area (Å²) in [5, 5.41) is 10.9. The Morgan fingerprint density at radius 1 is 1.16 bits per heavy atom. The molecule has 2 heterocycles. The quantitative estimate of drug-likeness (QED) is 0.464. The molecule has 0 aliphatic carbocycles. The molecule has 0 bridgehead atoms. The number of sulfonamides is 1. The summed E-state index contributed by atoms with van der Waals surface area (Å²) in [4.78, 5) is 3.29. The van der Waals surface area contributed by atoms with E-state index >= 15 is 0 Å². The molecule has 0 spiro atoms. The molecule has 2 aromatic carbocycles. The van der Waals surface area contributed by atoms with Crippen LogP contribution in [0.2, 0.25) is 0 Å². The van der Waals surface area contributed by atoms with E-state index in [1.54, 1.807) is 17.6 Å². The van der Waals surface area contributed by atoms with E-state index in [0.717, 1.165) is 33.6 Å². The van der Waals surface area contributed by atoms with Crippen molar-refractivity contribution in [1.29, 1.82) is 0 Å². The Morgan fingerprint density at radius 3 is 2.55 bits per heavy atom. The van der Waals surface area contributed by atoms with Crippen molar-refractivity contribution in [1.82, 2.24) is 14.8 Å². The van der Waals surface area contributed by atoms with Crippen molar-refractivity contribution in [3.8, 4) is 28.2 Å². The van der Waals surface area contributed by atoms with E-state index in [4.69, 9.17) is 5.14 Å². The van der Waals surface area contributed by atoms with Crippen LogP contribution in [-0.2, 0) is 10.0 Å². The third-order valence-corrected chi connectivity index (χ3v) is 6.26. The fraction of sp³-hybridized carbons (Fsp3) is 0.100. The molecule has 0 fully saturated rings. The first-order chi connectivity index (χ1) is 14.7. The Kier molecular flexibility index (Phi) is 5.42. The van der Waals surface area contributed by atoms with E-state index in [9.17, 15) is 21.6 Å². The highest BCUT2D eigenvalue weighted by molar-refractivity contribution is 7.89. The molecule has 11 heteroatoms. The van der Waals surface area contributed by atoms with Crippen LogP contribution in [-0.4, -0.2) is 23.2 Å². The molecular formula is C20H15F3N4O2S2. The summed E-state index contributed by atoms with van der Waals surface area (Å²) in [7, 11) is -4.51. The molecule has 0 aliphatic rings. The number of aromatic nitrogens is 3. The van der Waals surface area contributed by atoms with E-state index in [0.29, 0.717) is 11.3 Å². The SMILES string of the molecule is Cc1cc(-c2ccnn2-c2ccc(S(N)(=O)=O)c(F)c2C(F)F)ccc1-c1cscn1. The Morgan fingerprint density at radius 2 is 1.94 bits per heavy atom. The maximum Gasteiger partial charge on any atom is 0.268 e. The number of primary sulfonamides is 1. The number of nitrogens with two attached hydrogens (primary N) is 1. The van der Waals surface area contributed by atoms with Gasteiger partial charge in [0.05, 0.1) is 34.3 Å². The molecule has 0 unspecified atom stereocenters. The van der Waals surface area contributed by atoms with Gasteiger partial charge in [0.25, 0.3) is 6.43 Å². The van der Waals surface area contributed by atoms with Crippen molar-refractivity contribution in [2.24, 2.45) is 5.14 Å². The molecule has 31 heavy (non-hydrogen) atoms. The van der Waals surface area contributed by atoms with Gasteiger partial charge in [-0.3, -0.25) is 0 Å². The van der Waals surface area contributed by atoms with E-state index in [1.165, 1.54) is 17.5 Å². The number of benzene rings is 2. The highest BCUT2D eigenvalue weighted by atomic mass is 32.2. The van der Waals surface area contributed by atoms with Crippen molar-refractivity contribution in [2.75, 3.05) is 0 Å². The lowest BCUT2D eigenvalue weighted by atomic mass is 10.0. The fourth-order valence-corrected chi connectivity index (χ4v) is 4.51. The maximum absolute atomic E-state index is 14.7. The molecule has 160 valence electrons. The minimum absolute atomic E-state index is 0.277. The van der Waals surface area contributed by atoms with Gasteiger partial charge in [-0.2, -0.15) is 5.10 Å². The van der Waals surface area contributed by atoms with Gasteiger partial charge >= 0.3 is 0 Å². The Bertz CT molecular complexity index is 1370. The summed E-state index contributed by atoms with van der Waals surface area (Å²) >= 11 is 1.47. The summed E-state index contributed by atoms with van der Waals surface area (Å²) in [5.41, 5.74) is 4.09. The van der Waals surface area contributed by atoms with Gasteiger partial charge in [-0.1, -0.05) is 12.1 Å². The van der Waals surface area contributed by atoms with Crippen molar-refractivity contribution < 1.29 is 21.6 Å². The summed E-state index contributed by atoms with van der Waals surface area (Å²) in [6.07, 6.45) is -1.90. The molecule has 0 radical (unpaired) electrons. The van der Waals surface area contributed by atoms with Crippen molar-refractivity contribution in [2.45, 2.75) is 18.2 Å². The predicted octanol–water partition coefficient (Wildman–Crippen LogP) is 4.70. The van der Waals surface area contributed by atoms with Gasteiger partial charge in [0.2, 0.25) is 10.0 Å². The van der Waals surface area contributed by atoms with Gasteiger partial charge in [-0.05, 0) is 36.8 Å². The highest BCUT2D eigenvalue weighted by Gasteiger charge is 2.27. The summed E-state index contributed by atoms with van der Waals surface area (Å²) in [6.45, 7) is 1.89. The first-order valence-corrected chi connectivity index (χ1v) is 11.3. The predicted molar refractivity (Wildman–Crippen MR) is 111 cm³/mol. The highest BCUT2D eigenvalue weighted by Crippen LogP contribution is 2.35. The number of hydrogen-bond acceptors (Lipinski definition) is 5. The zero-order valence-electron chi connectivity index (χ0n) is 16.0. The van der Waals surface area contributed by atoms with Crippen LogP contribution in [0.4, 0.5) is 13.2 Å². The lowest BCUT2D eigenvalue weighted by Gasteiger charge is -2.15. The molecule has 0 amide bonds. The second-order valence-electron chi connectivity index (χ2n) is 6.69. The zero-order valence-corrected chi connectivity index (χ0v) is 17.6. The number of hydrogen-bond donors (Lipinski definition) is 1. The van der Waals surface area contributed by atoms with Crippen molar-refractivity contribution >= 4 is 21.4 Å². The van der Waals surface area contributed by atoms with Crippen LogP contribution in [0.3, 0.4) is 0 Å². The minimum Gasteiger partial charge on any atom is -0.245 e. The first kappa shape index (κ1) is 21.2. The molecule has 2 N–H and O–H groups in total. The van der Waals surface area contributed by atoms with Crippen LogP contribution in [0.25, 0.3) is 28.2 Å². The molecule has 2 aromatic heterocycles. The van der Waals surface area contributed by atoms with E-state index in [2.05, 4.69) is 10.1 Å². The van der Waals surface area contributed by atoms with Crippen LogP contribution in [0, 0.1) is 12.7 Å². The van der Waals surface area contributed by atoms with Crippen LogP contribution >= 0.6 is 11.3 Å². The number of rotatable bonds is 5. The van der Waals surface area contributed by atoms with Gasteiger partial charge in [-0.15, -0.1) is 11.3 Å². The summed E-state index contributed by atoms with van der Waals surface area (Å²) in [5.74, 6) is -1.59. The molecule has 4 aromatic rings. The summed E-state index contributed by atoms with van der Waals surface area (Å²) in [6, 6.07) is 9.00. The third kappa shape index (κ3) is 3.87. The monoisotopic (exact) mass is 464 g/mol. The van der Waals surface area contributed by atoms with Gasteiger partial charge in [0.15, 0.2) is 5.82 Å². The third-order valence-electron chi connectivity index (χ3n) is 4.75. The maximum atomic E-state index is 14.7. The van der Waals surface area contributed by atoms with Crippen LogP contribution in [0.15, 0.2) is 58.4 Å². The topological polar surface area (TPSA) is 90.9 Å². The van der Waals surface area contributed by atoms with Gasteiger partial charge in [-0.25, -0.2) is 36.4 Å². The molecule has 0 atom stereocenters. The number of thiazole rings is 1. The molecule has 6 nitrogen and oxygen atoms in total. The van der Waals surface area contributed by atoms with Gasteiger partial charge in [0.1, 0.15) is 4.90 Å². The lowest BCUT2D eigenvalue weighted by Crippen LogP contribution is -2.17. The second kappa shape index (κ2) is 7.91. The van der Waals surface area contributed by atoms with E-state index in [1.807, 2.05) is 24.4 Å². The molecular weight excluding hydrogens is 449 g/mol. The average Bonchev–Trinajstić information content (AvgIpc) is 3.38. The van der Waals surface area contributed by atoms with Crippen molar-refractivity contribution in [3.05, 3.63) is 70.4 Å². The van der Waals surface area contributed by atoms with Gasteiger partial charge < -0.3 is 0 Å². The smallest absolute Gasteiger partial charge is 0.245 e. The molecule has 0 aliphatic heterocycles. The normalized spacial score (nSPS) is 11.9. The number of aryl methyl sites for hydroxylation is 1.